The Hall–Kier alpha value is -3.13. The summed E-state index contributed by atoms with van der Waals surface area (Å²) in [6.45, 7) is 4.88. The predicted octanol–water partition coefficient (Wildman–Crippen LogP) is 8.01. The maximum Gasteiger partial charge on any atom is 0.144 e. The zero-order valence-corrected chi connectivity index (χ0v) is 17.6. The summed E-state index contributed by atoms with van der Waals surface area (Å²) in [6.07, 6.45) is -0.605. The Morgan fingerprint density at radius 1 is 0.967 bits per heavy atom. The molecular formula is C28H27NO. The van der Waals surface area contributed by atoms with Gasteiger partial charge >= 0.3 is 0 Å². The first-order chi connectivity index (χ1) is 16.3. The SMILES string of the molecule is [2H]C([2H])([2H])c1cnc(-c2cccc3c2oc2c4ccccc4cc(C)c32)cc1C([2H])([2H])C(C)(C)C. The van der Waals surface area contributed by atoms with Gasteiger partial charge in [0.2, 0.25) is 0 Å². The van der Waals surface area contributed by atoms with E-state index in [1.165, 1.54) is 6.20 Å². The molecule has 0 spiro atoms. The van der Waals surface area contributed by atoms with E-state index in [1.54, 1.807) is 26.8 Å². The fourth-order valence-corrected chi connectivity index (χ4v) is 4.15. The molecule has 0 saturated carbocycles. The molecule has 30 heavy (non-hydrogen) atoms. The summed E-state index contributed by atoms with van der Waals surface area (Å²) in [5.74, 6) is 0. The minimum atomic E-state index is -2.49. The van der Waals surface area contributed by atoms with Crippen LogP contribution < -0.4 is 0 Å². The number of hydrogen-bond acceptors (Lipinski definition) is 2. The smallest absolute Gasteiger partial charge is 0.144 e. The number of furan rings is 1. The summed E-state index contributed by atoms with van der Waals surface area (Å²) in [5, 5.41) is 4.09. The second-order valence-corrected chi connectivity index (χ2v) is 8.89. The molecule has 0 N–H and O–H groups in total. The van der Waals surface area contributed by atoms with Gasteiger partial charge in [-0.2, -0.15) is 0 Å². The third-order valence-corrected chi connectivity index (χ3v) is 5.38. The third-order valence-electron chi connectivity index (χ3n) is 5.38. The van der Waals surface area contributed by atoms with Crippen molar-refractivity contribution in [2.75, 3.05) is 0 Å². The van der Waals surface area contributed by atoms with E-state index < -0.39 is 18.6 Å². The van der Waals surface area contributed by atoms with Gasteiger partial charge in [0, 0.05) is 34.8 Å². The van der Waals surface area contributed by atoms with Gasteiger partial charge < -0.3 is 4.42 Å². The van der Waals surface area contributed by atoms with E-state index in [0.717, 1.165) is 32.7 Å². The Labute approximate surface area is 184 Å². The summed E-state index contributed by atoms with van der Waals surface area (Å²) in [7, 11) is 0. The van der Waals surface area contributed by atoms with Crippen LogP contribution in [0.15, 0.2) is 65.2 Å². The van der Waals surface area contributed by atoms with Crippen LogP contribution in [0.5, 0.6) is 0 Å². The van der Waals surface area contributed by atoms with E-state index in [0.29, 0.717) is 16.8 Å². The van der Waals surface area contributed by atoms with Gasteiger partial charge in [-0.05, 0) is 59.8 Å². The monoisotopic (exact) mass is 398 g/mol. The van der Waals surface area contributed by atoms with Gasteiger partial charge in [0.1, 0.15) is 11.2 Å². The first-order valence-electron chi connectivity index (χ1n) is 12.7. The van der Waals surface area contributed by atoms with Crippen molar-refractivity contribution < 1.29 is 11.3 Å². The molecule has 2 aromatic heterocycles. The average molecular weight is 399 g/mol. The Morgan fingerprint density at radius 3 is 2.57 bits per heavy atom. The molecule has 0 aliphatic carbocycles. The molecule has 0 unspecified atom stereocenters. The largest absolute Gasteiger partial charge is 0.455 e. The van der Waals surface area contributed by atoms with Gasteiger partial charge in [-0.15, -0.1) is 0 Å². The number of hydrogen-bond donors (Lipinski definition) is 0. The highest BCUT2D eigenvalue weighted by atomic mass is 16.3. The summed E-state index contributed by atoms with van der Waals surface area (Å²) in [5.41, 5.74) is 2.96. The van der Waals surface area contributed by atoms with E-state index in [-0.39, 0.29) is 11.1 Å². The lowest BCUT2D eigenvalue weighted by molar-refractivity contribution is 0.410. The number of aromatic nitrogens is 1. The van der Waals surface area contributed by atoms with Gasteiger partial charge in [0.05, 0.1) is 5.69 Å². The second kappa shape index (κ2) is 6.70. The number of pyridine rings is 1. The molecular weight excluding hydrogens is 366 g/mol. The molecule has 5 aromatic rings. The Kier molecular flexibility index (Phi) is 3.12. The van der Waals surface area contributed by atoms with E-state index in [2.05, 4.69) is 24.0 Å². The molecule has 2 heteroatoms. The fraction of sp³-hybridized carbons (Fsp3) is 0.250. The minimum Gasteiger partial charge on any atom is -0.455 e. The fourth-order valence-electron chi connectivity index (χ4n) is 4.15. The van der Waals surface area contributed by atoms with Gasteiger partial charge in [0.15, 0.2) is 0 Å². The van der Waals surface area contributed by atoms with Crippen LogP contribution in [0.3, 0.4) is 0 Å². The molecule has 2 nitrogen and oxygen atoms in total. The van der Waals surface area contributed by atoms with Crippen molar-refractivity contribution >= 4 is 32.7 Å². The van der Waals surface area contributed by atoms with Crippen LogP contribution in [-0.4, -0.2) is 4.98 Å². The van der Waals surface area contributed by atoms with Crippen molar-refractivity contribution in [1.29, 1.82) is 0 Å². The molecule has 0 bridgehead atoms. The lowest BCUT2D eigenvalue weighted by Gasteiger charge is -2.20. The van der Waals surface area contributed by atoms with Crippen molar-refractivity contribution in [2.24, 2.45) is 5.41 Å². The van der Waals surface area contributed by atoms with Crippen molar-refractivity contribution in [2.45, 2.75) is 40.9 Å². The molecule has 0 aliphatic heterocycles. The van der Waals surface area contributed by atoms with Crippen molar-refractivity contribution in [3.05, 3.63) is 77.5 Å². The van der Waals surface area contributed by atoms with Gasteiger partial charge in [-0.25, -0.2) is 0 Å². The standard InChI is InChI=1S/C28H27NO/c1-17-13-19-9-6-7-10-21(19)27-25(17)23-12-8-11-22(26(23)30-27)24-14-20(15-28(3,4)5)18(2)16-29-24/h6-14,16H,15H2,1-5H3/i2D3,15D2. The zero-order valence-electron chi connectivity index (χ0n) is 22.6. The number of fused-ring (bicyclic) bond motifs is 5. The molecule has 3 aromatic carbocycles. The van der Waals surface area contributed by atoms with Crippen LogP contribution in [0.4, 0.5) is 0 Å². The van der Waals surface area contributed by atoms with E-state index >= 15 is 0 Å². The molecule has 0 aliphatic rings. The van der Waals surface area contributed by atoms with Gasteiger partial charge in [-0.1, -0.05) is 63.2 Å². The highest BCUT2D eigenvalue weighted by Gasteiger charge is 2.18. The normalized spacial score (nSPS) is 15.7. The number of para-hydroxylation sites is 1. The number of nitrogens with zero attached hydrogens (tertiary/aromatic N) is 1. The maximum atomic E-state index is 8.83. The highest BCUT2D eigenvalue weighted by molar-refractivity contribution is 6.18. The Balaban J connectivity index is 1.83. The first-order valence-corrected chi connectivity index (χ1v) is 10.2. The van der Waals surface area contributed by atoms with Crippen molar-refractivity contribution in [3.8, 4) is 11.3 Å². The average Bonchev–Trinajstić information content (AvgIpc) is 3.18. The second-order valence-electron chi connectivity index (χ2n) is 8.89. The van der Waals surface area contributed by atoms with Crippen LogP contribution in [0, 0.1) is 19.2 Å². The first kappa shape index (κ1) is 14.0. The zero-order chi connectivity index (χ0) is 25.3. The van der Waals surface area contributed by atoms with Crippen LogP contribution >= 0.6 is 0 Å². The number of rotatable bonds is 2. The third kappa shape index (κ3) is 3.08. The highest BCUT2D eigenvalue weighted by Crippen LogP contribution is 2.40. The number of benzene rings is 3. The number of aryl methyl sites for hydroxylation is 2. The Bertz CT molecular complexity index is 1610. The van der Waals surface area contributed by atoms with Crippen molar-refractivity contribution in [3.63, 3.8) is 0 Å². The maximum absolute atomic E-state index is 8.83. The van der Waals surface area contributed by atoms with E-state index in [4.69, 9.17) is 11.3 Å². The van der Waals surface area contributed by atoms with E-state index in [1.807, 2.05) is 36.4 Å². The van der Waals surface area contributed by atoms with E-state index in [9.17, 15) is 0 Å². The molecule has 0 atom stereocenters. The Morgan fingerprint density at radius 2 is 1.77 bits per heavy atom. The molecule has 0 radical (unpaired) electrons. The van der Waals surface area contributed by atoms with Crippen LogP contribution in [0.1, 0.15) is 44.3 Å². The molecule has 0 saturated heterocycles. The summed E-state index contributed by atoms with van der Waals surface area (Å²) in [4.78, 5) is 4.49. The van der Waals surface area contributed by atoms with Crippen molar-refractivity contribution in [1.82, 2.24) is 4.98 Å². The molecule has 0 fully saturated rings. The summed E-state index contributed by atoms with van der Waals surface area (Å²) >= 11 is 0. The lowest BCUT2D eigenvalue weighted by Crippen LogP contribution is -2.10. The lowest BCUT2D eigenvalue weighted by atomic mass is 9.86. The molecule has 5 rings (SSSR count). The van der Waals surface area contributed by atoms with Crippen LogP contribution in [0.25, 0.3) is 44.0 Å². The van der Waals surface area contributed by atoms with Crippen LogP contribution in [-0.2, 0) is 6.37 Å². The minimum absolute atomic E-state index is 0.0696. The molecule has 0 amide bonds. The quantitative estimate of drug-likeness (QED) is 0.301. The predicted molar refractivity (Wildman–Crippen MR) is 127 cm³/mol. The van der Waals surface area contributed by atoms with Crippen LogP contribution in [0.2, 0.25) is 0 Å². The molecule has 2 heterocycles. The summed E-state index contributed by atoms with van der Waals surface area (Å²) in [6, 6.07) is 17.7. The molecule has 150 valence electrons. The van der Waals surface area contributed by atoms with Gasteiger partial charge in [0.25, 0.3) is 0 Å². The summed E-state index contributed by atoms with van der Waals surface area (Å²) < 4.78 is 48.1. The topological polar surface area (TPSA) is 26.0 Å². The van der Waals surface area contributed by atoms with Gasteiger partial charge in [-0.3, -0.25) is 4.98 Å².